The summed E-state index contributed by atoms with van der Waals surface area (Å²) in [5.74, 6) is 3.28. The summed E-state index contributed by atoms with van der Waals surface area (Å²) >= 11 is 1.68. The molecule has 1 aromatic heterocycles. The number of ether oxygens (including phenoxy) is 1. The number of nitrogens with one attached hydrogen (secondary N) is 1. The number of thioether (sulfide) groups is 1. The van der Waals surface area contributed by atoms with E-state index in [0.717, 1.165) is 36.5 Å². The number of nitrogens with zero attached hydrogens (tertiary/aromatic N) is 3. The van der Waals surface area contributed by atoms with E-state index in [4.69, 9.17) is 9.15 Å². The van der Waals surface area contributed by atoms with Crippen LogP contribution in [0.2, 0.25) is 0 Å². The van der Waals surface area contributed by atoms with E-state index in [1.165, 1.54) is 0 Å². The number of para-hydroxylation sites is 1. The molecule has 0 spiro atoms. The second-order valence-electron chi connectivity index (χ2n) is 7.56. The lowest BCUT2D eigenvalue weighted by Crippen LogP contribution is -2.25. The SMILES string of the molecule is CN(C)CCCCNC(=O)c1ccc(-c2nnc(CSCCOc3ccccc3)o2)cc1. The van der Waals surface area contributed by atoms with E-state index in [9.17, 15) is 4.79 Å². The number of hydrogen-bond acceptors (Lipinski definition) is 7. The second-order valence-corrected chi connectivity index (χ2v) is 8.66. The first-order chi connectivity index (χ1) is 15.6. The molecule has 8 heteroatoms. The van der Waals surface area contributed by atoms with Crippen molar-refractivity contribution in [2.24, 2.45) is 0 Å². The van der Waals surface area contributed by atoms with Gasteiger partial charge in [0, 0.05) is 23.4 Å². The van der Waals surface area contributed by atoms with Gasteiger partial charge in [-0.1, -0.05) is 18.2 Å². The molecule has 0 unspecified atom stereocenters. The van der Waals surface area contributed by atoms with Gasteiger partial charge in [0.1, 0.15) is 5.75 Å². The monoisotopic (exact) mass is 454 g/mol. The van der Waals surface area contributed by atoms with Crippen LogP contribution in [0.5, 0.6) is 5.75 Å². The third-order valence-electron chi connectivity index (χ3n) is 4.64. The van der Waals surface area contributed by atoms with Crippen LogP contribution in [0.25, 0.3) is 11.5 Å². The van der Waals surface area contributed by atoms with E-state index in [-0.39, 0.29) is 5.91 Å². The van der Waals surface area contributed by atoms with Crippen molar-refractivity contribution in [2.45, 2.75) is 18.6 Å². The summed E-state index contributed by atoms with van der Waals surface area (Å²) in [6.45, 7) is 2.32. The standard InChI is InChI=1S/C24H30N4O3S/c1-28(2)15-7-6-14-25-23(29)19-10-12-20(13-11-19)24-27-26-22(31-24)18-32-17-16-30-21-8-4-3-5-9-21/h3-5,8-13H,6-7,14-18H2,1-2H3,(H,25,29). The van der Waals surface area contributed by atoms with E-state index in [1.807, 2.05) is 56.6 Å². The van der Waals surface area contributed by atoms with Crippen molar-refractivity contribution in [2.75, 3.05) is 39.5 Å². The molecule has 2 aromatic carbocycles. The third kappa shape index (κ3) is 8.01. The van der Waals surface area contributed by atoms with Crippen LogP contribution in [0.15, 0.2) is 59.0 Å². The summed E-state index contributed by atoms with van der Waals surface area (Å²) in [6.07, 6.45) is 2.02. The molecule has 1 N–H and O–H groups in total. The lowest BCUT2D eigenvalue weighted by Gasteiger charge is -2.09. The van der Waals surface area contributed by atoms with Gasteiger partial charge in [-0.3, -0.25) is 4.79 Å². The molecule has 0 aliphatic carbocycles. The number of rotatable bonds is 13. The smallest absolute Gasteiger partial charge is 0.251 e. The van der Waals surface area contributed by atoms with Crippen LogP contribution in [0.3, 0.4) is 0 Å². The Morgan fingerprint density at radius 1 is 1.06 bits per heavy atom. The van der Waals surface area contributed by atoms with E-state index in [2.05, 4.69) is 20.4 Å². The van der Waals surface area contributed by atoms with E-state index in [1.54, 1.807) is 23.9 Å². The zero-order valence-electron chi connectivity index (χ0n) is 18.6. The molecular weight excluding hydrogens is 424 g/mol. The molecule has 3 aromatic rings. The summed E-state index contributed by atoms with van der Waals surface area (Å²) in [6, 6.07) is 17.0. The zero-order valence-corrected chi connectivity index (χ0v) is 19.4. The average molecular weight is 455 g/mol. The lowest BCUT2D eigenvalue weighted by atomic mass is 10.1. The van der Waals surface area contributed by atoms with Gasteiger partial charge in [0.25, 0.3) is 5.91 Å². The largest absolute Gasteiger partial charge is 0.493 e. The maximum Gasteiger partial charge on any atom is 0.251 e. The molecule has 1 heterocycles. The molecule has 1 amide bonds. The third-order valence-corrected chi connectivity index (χ3v) is 5.55. The van der Waals surface area contributed by atoms with Crippen LogP contribution in [0.4, 0.5) is 0 Å². The lowest BCUT2D eigenvalue weighted by molar-refractivity contribution is 0.0953. The van der Waals surface area contributed by atoms with Gasteiger partial charge in [0.2, 0.25) is 11.8 Å². The van der Waals surface area contributed by atoms with Crippen LogP contribution < -0.4 is 10.1 Å². The Kier molecular flexibility index (Phi) is 9.59. The molecule has 170 valence electrons. The van der Waals surface area contributed by atoms with Gasteiger partial charge in [-0.25, -0.2) is 0 Å². The highest BCUT2D eigenvalue weighted by molar-refractivity contribution is 7.98. The van der Waals surface area contributed by atoms with Crippen molar-refractivity contribution in [3.8, 4) is 17.2 Å². The molecule has 0 fully saturated rings. The second kappa shape index (κ2) is 12.9. The Morgan fingerprint density at radius 3 is 2.59 bits per heavy atom. The zero-order chi connectivity index (χ0) is 22.6. The van der Waals surface area contributed by atoms with Gasteiger partial charge < -0.3 is 19.4 Å². The van der Waals surface area contributed by atoms with Gasteiger partial charge in [-0.15, -0.1) is 22.0 Å². The number of hydrogen-bond donors (Lipinski definition) is 1. The van der Waals surface area contributed by atoms with Gasteiger partial charge >= 0.3 is 0 Å². The van der Waals surface area contributed by atoms with Crippen molar-refractivity contribution in [1.29, 1.82) is 0 Å². The first kappa shape index (κ1) is 23.8. The minimum absolute atomic E-state index is 0.0678. The quantitative estimate of drug-likeness (QED) is 0.389. The number of carbonyl (C=O) groups excluding carboxylic acids is 1. The van der Waals surface area contributed by atoms with Crippen molar-refractivity contribution < 1.29 is 13.9 Å². The summed E-state index contributed by atoms with van der Waals surface area (Å²) in [4.78, 5) is 14.4. The number of amides is 1. The molecule has 0 aliphatic rings. The summed E-state index contributed by atoms with van der Waals surface area (Å²) in [7, 11) is 4.10. The molecule has 0 bridgehead atoms. The number of aromatic nitrogens is 2. The minimum Gasteiger partial charge on any atom is -0.493 e. The van der Waals surface area contributed by atoms with Gasteiger partial charge in [0.15, 0.2) is 0 Å². The molecule has 32 heavy (non-hydrogen) atoms. The Morgan fingerprint density at radius 2 is 1.84 bits per heavy atom. The van der Waals surface area contributed by atoms with Crippen molar-refractivity contribution in [3.05, 3.63) is 66.1 Å². The summed E-state index contributed by atoms with van der Waals surface area (Å²) in [5.41, 5.74) is 1.42. The first-order valence-electron chi connectivity index (χ1n) is 10.7. The van der Waals surface area contributed by atoms with Crippen molar-refractivity contribution in [1.82, 2.24) is 20.4 Å². The van der Waals surface area contributed by atoms with Crippen LogP contribution in [-0.4, -0.2) is 60.5 Å². The first-order valence-corrected chi connectivity index (χ1v) is 11.9. The van der Waals surface area contributed by atoms with Crippen LogP contribution >= 0.6 is 11.8 Å². The fourth-order valence-electron chi connectivity index (χ4n) is 2.94. The van der Waals surface area contributed by atoms with Gasteiger partial charge in [-0.2, -0.15) is 0 Å². The van der Waals surface area contributed by atoms with Gasteiger partial charge in [-0.05, 0) is 69.9 Å². The topological polar surface area (TPSA) is 80.5 Å². The Labute approximate surface area is 193 Å². The van der Waals surface area contributed by atoms with Crippen LogP contribution in [-0.2, 0) is 5.75 Å². The molecule has 0 radical (unpaired) electrons. The highest BCUT2D eigenvalue weighted by Crippen LogP contribution is 2.20. The predicted octanol–water partition coefficient (Wildman–Crippen LogP) is 4.12. The van der Waals surface area contributed by atoms with Crippen molar-refractivity contribution in [3.63, 3.8) is 0 Å². The fraction of sp³-hybridized carbons (Fsp3) is 0.375. The highest BCUT2D eigenvalue weighted by atomic mass is 32.2. The molecule has 0 saturated carbocycles. The van der Waals surface area contributed by atoms with E-state index in [0.29, 0.717) is 36.2 Å². The van der Waals surface area contributed by atoms with Gasteiger partial charge in [0.05, 0.1) is 12.4 Å². The summed E-state index contributed by atoms with van der Waals surface area (Å²) < 4.78 is 11.4. The molecule has 3 rings (SSSR count). The van der Waals surface area contributed by atoms with E-state index >= 15 is 0 Å². The fourth-order valence-corrected chi connectivity index (χ4v) is 3.58. The van der Waals surface area contributed by atoms with Crippen LogP contribution in [0, 0.1) is 0 Å². The van der Waals surface area contributed by atoms with Crippen LogP contribution in [0.1, 0.15) is 29.1 Å². The Balaban J connectivity index is 1.39. The molecular formula is C24H30N4O3S. The minimum atomic E-state index is -0.0678. The Hall–Kier alpha value is -2.84. The normalized spacial score (nSPS) is 11.0. The molecule has 0 aliphatic heterocycles. The number of carbonyl (C=O) groups is 1. The summed E-state index contributed by atoms with van der Waals surface area (Å²) in [5, 5.41) is 11.2. The number of benzene rings is 2. The molecule has 0 atom stereocenters. The Bertz CT molecular complexity index is 945. The highest BCUT2D eigenvalue weighted by Gasteiger charge is 2.11. The van der Waals surface area contributed by atoms with Crippen molar-refractivity contribution >= 4 is 17.7 Å². The number of unbranched alkanes of at least 4 members (excludes halogenated alkanes) is 1. The molecule has 0 saturated heterocycles. The average Bonchev–Trinajstić information content (AvgIpc) is 3.28. The molecule has 7 nitrogen and oxygen atoms in total. The maximum atomic E-state index is 12.3. The predicted molar refractivity (Wildman–Crippen MR) is 128 cm³/mol. The maximum absolute atomic E-state index is 12.3. The van der Waals surface area contributed by atoms with E-state index < -0.39 is 0 Å².